The first-order valence-electron chi connectivity index (χ1n) is 6.27. The Kier molecular flexibility index (Phi) is 4.96. The van der Waals surface area contributed by atoms with Gasteiger partial charge in [-0.15, -0.1) is 0 Å². The van der Waals surface area contributed by atoms with Crippen molar-refractivity contribution in [2.24, 2.45) is 0 Å². The molecule has 0 aliphatic heterocycles. The molecule has 0 spiro atoms. The first-order valence-corrected chi connectivity index (χ1v) is 6.27. The molecule has 6 heteroatoms. The second-order valence-electron chi connectivity index (χ2n) is 4.68. The number of carbonyl (C=O) groups is 2. The number of methoxy groups -OCH3 is 1. The van der Waals surface area contributed by atoms with Gasteiger partial charge in [0.1, 0.15) is 11.3 Å². The molecule has 0 aliphatic rings. The van der Waals surface area contributed by atoms with Crippen LogP contribution in [0, 0.1) is 0 Å². The van der Waals surface area contributed by atoms with E-state index in [2.05, 4.69) is 5.32 Å². The molecular weight excluding hydrogens is 260 g/mol. The van der Waals surface area contributed by atoms with Crippen molar-refractivity contribution in [3.8, 4) is 5.75 Å². The number of nitrogens with zero attached hydrogens (tertiary/aromatic N) is 1. The van der Waals surface area contributed by atoms with Crippen molar-refractivity contribution in [3.05, 3.63) is 24.3 Å². The number of ether oxygens (including phenoxy) is 1. The van der Waals surface area contributed by atoms with Crippen LogP contribution < -0.4 is 15.0 Å². The lowest BCUT2D eigenvalue weighted by atomic mass is 10.00. The fourth-order valence-electron chi connectivity index (χ4n) is 1.54. The number of carboxylic acid groups (broad SMARTS) is 1. The minimum Gasteiger partial charge on any atom is -0.497 e. The molecule has 6 nitrogen and oxygen atoms in total. The maximum atomic E-state index is 12.1. The molecule has 1 aromatic carbocycles. The number of aliphatic carboxylic acids is 1. The van der Waals surface area contributed by atoms with Crippen molar-refractivity contribution >= 4 is 17.7 Å². The van der Waals surface area contributed by atoms with Crippen LogP contribution in [-0.4, -0.2) is 36.8 Å². The molecule has 0 heterocycles. The van der Waals surface area contributed by atoms with Crippen LogP contribution >= 0.6 is 0 Å². The van der Waals surface area contributed by atoms with E-state index in [-0.39, 0.29) is 0 Å². The normalized spacial score (nSPS) is 13.2. The van der Waals surface area contributed by atoms with E-state index in [1.54, 1.807) is 45.3 Å². The lowest BCUT2D eigenvalue weighted by Crippen LogP contribution is -2.55. The minimum atomic E-state index is -1.28. The maximum Gasteiger partial charge on any atom is 0.329 e. The first-order chi connectivity index (χ1) is 9.34. The lowest BCUT2D eigenvalue weighted by Gasteiger charge is -2.28. The van der Waals surface area contributed by atoms with Crippen LogP contribution in [0.5, 0.6) is 5.75 Å². The summed E-state index contributed by atoms with van der Waals surface area (Å²) in [6, 6.07) is 6.44. The van der Waals surface area contributed by atoms with E-state index in [4.69, 9.17) is 9.84 Å². The highest BCUT2D eigenvalue weighted by atomic mass is 16.5. The molecule has 1 unspecified atom stereocenters. The quantitative estimate of drug-likeness (QED) is 0.865. The zero-order chi connectivity index (χ0) is 15.3. The highest BCUT2D eigenvalue weighted by molar-refractivity contribution is 5.95. The number of benzene rings is 1. The summed E-state index contributed by atoms with van der Waals surface area (Å²) in [4.78, 5) is 24.6. The van der Waals surface area contributed by atoms with Crippen molar-refractivity contribution in [1.29, 1.82) is 0 Å². The Morgan fingerprint density at radius 1 is 1.35 bits per heavy atom. The van der Waals surface area contributed by atoms with Gasteiger partial charge in [0.05, 0.1) is 7.11 Å². The third kappa shape index (κ3) is 3.40. The van der Waals surface area contributed by atoms with E-state index in [0.29, 0.717) is 17.9 Å². The predicted molar refractivity (Wildman–Crippen MR) is 76.3 cm³/mol. The lowest BCUT2D eigenvalue weighted by molar-refractivity contribution is -0.143. The van der Waals surface area contributed by atoms with Crippen LogP contribution in [0.2, 0.25) is 0 Å². The van der Waals surface area contributed by atoms with Crippen LogP contribution in [0.4, 0.5) is 10.5 Å². The summed E-state index contributed by atoms with van der Waals surface area (Å²) < 4.78 is 5.04. The van der Waals surface area contributed by atoms with Gasteiger partial charge < -0.3 is 15.2 Å². The fourth-order valence-corrected chi connectivity index (χ4v) is 1.54. The molecule has 0 aromatic heterocycles. The predicted octanol–water partition coefficient (Wildman–Crippen LogP) is 2.09. The number of hydrogen-bond donors (Lipinski definition) is 2. The van der Waals surface area contributed by atoms with E-state index in [1.165, 1.54) is 11.8 Å². The van der Waals surface area contributed by atoms with Gasteiger partial charge in [0.25, 0.3) is 0 Å². The number of carboxylic acids is 1. The van der Waals surface area contributed by atoms with Crippen LogP contribution in [0.25, 0.3) is 0 Å². The fraction of sp³-hybridized carbons (Fsp3) is 0.429. The van der Waals surface area contributed by atoms with Gasteiger partial charge in [-0.3, -0.25) is 4.90 Å². The summed E-state index contributed by atoms with van der Waals surface area (Å²) >= 11 is 0. The van der Waals surface area contributed by atoms with E-state index in [9.17, 15) is 9.59 Å². The average molecular weight is 280 g/mol. The number of carbonyl (C=O) groups excluding carboxylic acids is 1. The van der Waals surface area contributed by atoms with Crippen molar-refractivity contribution in [2.75, 3.05) is 19.1 Å². The van der Waals surface area contributed by atoms with Gasteiger partial charge in [0.2, 0.25) is 0 Å². The Morgan fingerprint density at radius 3 is 2.30 bits per heavy atom. The molecule has 0 bridgehead atoms. The molecule has 0 saturated heterocycles. The molecule has 1 aromatic rings. The molecule has 0 fully saturated rings. The third-order valence-electron chi connectivity index (χ3n) is 3.33. The summed E-state index contributed by atoms with van der Waals surface area (Å²) in [5.41, 5.74) is -0.634. The number of urea groups is 1. The monoisotopic (exact) mass is 280 g/mol. The molecule has 110 valence electrons. The number of amides is 2. The number of hydrogen-bond acceptors (Lipinski definition) is 3. The van der Waals surface area contributed by atoms with Crippen molar-refractivity contribution in [1.82, 2.24) is 5.32 Å². The van der Waals surface area contributed by atoms with Gasteiger partial charge in [-0.05, 0) is 37.6 Å². The SMILES string of the molecule is CCC(C)(NC(=O)N(C)c1ccc(OC)cc1)C(=O)O. The summed E-state index contributed by atoms with van der Waals surface area (Å²) in [5, 5.41) is 11.7. The minimum absolute atomic E-state index is 0.296. The van der Waals surface area contributed by atoms with Crippen molar-refractivity contribution in [3.63, 3.8) is 0 Å². The molecule has 0 saturated carbocycles. The summed E-state index contributed by atoms with van der Waals surface area (Å²) in [5.74, 6) is -0.372. The standard InChI is InChI=1S/C14H20N2O4/c1-5-14(2,12(17)18)15-13(19)16(3)10-6-8-11(20-4)9-7-10/h6-9H,5H2,1-4H3,(H,15,19)(H,17,18). The summed E-state index contributed by atoms with van der Waals surface area (Å²) in [7, 11) is 3.14. The molecule has 0 aliphatic carbocycles. The molecule has 2 N–H and O–H groups in total. The van der Waals surface area contributed by atoms with Gasteiger partial charge in [-0.2, -0.15) is 0 Å². The molecule has 2 amide bonds. The van der Waals surface area contributed by atoms with Crippen molar-refractivity contribution in [2.45, 2.75) is 25.8 Å². The molecule has 20 heavy (non-hydrogen) atoms. The van der Waals surface area contributed by atoms with Gasteiger partial charge in [0, 0.05) is 12.7 Å². The second-order valence-corrected chi connectivity index (χ2v) is 4.68. The van der Waals surface area contributed by atoms with Gasteiger partial charge >= 0.3 is 12.0 Å². The Balaban J connectivity index is 2.83. The number of anilines is 1. The van der Waals surface area contributed by atoms with E-state index >= 15 is 0 Å². The molecule has 1 atom stereocenters. The Labute approximate surface area is 118 Å². The van der Waals surface area contributed by atoms with Crippen LogP contribution in [-0.2, 0) is 4.79 Å². The smallest absolute Gasteiger partial charge is 0.329 e. The molecule has 1 rings (SSSR count). The van der Waals surface area contributed by atoms with Gasteiger partial charge in [-0.25, -0.2) is 9.59 Å². The zero-order valence-corrected chi connectivity index (χ0v) is 12.1. The molecule has 0 radical (unpaired) electrons. The van der Waals surface area contributed by atoms with Gasteiger partial charge in [0.15, 0.2) is 0 Å². The van der Waals surface area contributed by atoms with Crippen molar-refractivity contribution < 1.29 is 19.4 Å². The van der Waals surface area contributed by atoms with Crippen LogP contribution in [0.15, 0.2) is 24.3 Å². The Hall–Kier alpha value is -2.24. The van der Waals surface area contributed by atoms with Gasteiger partial charge in [-0.1, -0.05) is 6.92 Å². The van der Waals surface area contributed by atoms with Crippen LogP contribution in [0.3, 0.4) is 0 Å². The second kappa shape index (κ2) is 6.27. The summed E-state index contributed by atoms with van der Waals surface area (Å²) in [6.45, 7) is 3.19. The van der Waals surface area contributed by atoms with Crippen LogP contribution in [0.1, 0.15) is 20.3 Å². The molecular formula is C14H20N2O4. The first kappa shape index (κ1) is 15.8. The Bertz CT molecular complexity index is 486. The largest absolute Gasteiger partial charge is 0.497 e. The highest BCUT2D eigenvalue weighted by Gasteiger charge is 2.33. The summed E-state index contributed by atoms with van der Waals surface area (Å²) in [6.07, 6.45) is 0.296. The third-order valence-corrected chi connectivity index (χ3v) is 3.33. The average Bonchev–Trinajstić information content (AvgIpc) is 2.46. The highest BCUT2D eigenvalue weighted by Crippen LogP contribution is 2.19. The van der Waals surface area contributed by atoms with E-state index < -0.39 is 17.5 Å². The van der Waals surface area contributed by atoms with E-state index in [1.807, 2.05) is 0 Å². The zero-order valence-electron chi connectivity index (χ0n) is 12.1. The number of nitrogens with one attached hydrogen (secondary N) is 1. The Morgan fingerprint density at radius 2 is 1.90 bits per heavy atom. The maximum absolute atomic E-state index is 12.1. The van der Waals surface area contributed by atoms with E-state index in [0.717, 1.165) is 0 Å². The number of rotatable bonds is 5. The topological polar surface area (TPSA) is 78.9 Å².